The molecule has 1 aliphatic rings. The van der Waals surface area contributed by atoms with Crippen LogP contribution < -0.4 is 0 Å². The van der Waals surface area contributed by atoms with Crippen molar-refractivity contribution >= 4 is 11.9 Å². The van der Waals surface area contributed by atoms with Crippen LogP contribution >= 0.6 is 0 Å². The molecule has 0 unspecified atom stereocenters. The van der Waals surface area contributed by atoms with Crippen LogP contribution in [-0.4, -0.2) is 37.0 Å². The molecule has 21 heavy (non-hydrogen) atoms. The number of likely N-dealkylation sites (tertiary alicyclic amines) is 1. The SMILES string of the molecule is COC(=O)C1CCN(C(=O)c2ccc(C(C)C)cc2)CC1. The van der Waals surface area contributed by atoms with E-state index in [1.165, 1.54) is 12.7 Å². The van der Waals surface area contributed by atoms with Gasteiger partial charge < -0.3 is 9.64 Å². The van der Waals surface area contributed by atoms with Crippen LogP contribution in [-0.2, 0) is 9.53 Å². The summed E-state index contributed by atoms with van der Waals surface area (Å²) < 4.78 is 4.76. The van der Waals surface area contributed by atoms with Crippen LogP contribution in [0.2, 0.25) is 0 Å². The molecule has 0 aliphatic carbocycles. The first-order chi connectivity index (χ1) is 10.0. The molecule has 4 nitrogen and oxygen atoms in total. The van der Waals surface area contributed by atoms with Crippen molar-refractivity contribution < 1.29 is 14.3 Å². The molecule has 0 radical (unpaired) electrons. The molecule has 1 aliphatic heterocycles. The highest BCUT2D eigenvalue weighted by atomic mass is 16.5. The van der Waals surface area contributed by atoms with Gasteiger partial charge in [-0.15, -0.1) is 0 Å². The fourth-order valence-corrected chi connectivity index (χ4v) is 2.68. The summed E-state index contributed by atoms with van der Waals surface area (Å²) in [6, 6.07) is 7.81. The molecule has 0 aromatic heterocycles. The van der Waals surface area contributed by atoms with Crippen molar-refractivity contribution in [1.82, 2.24) is 4.90 Å². The maximum absolute atomic E-state index is 12.4. The number of piperidine rings is 1. The van der Waals surface area contributed by atoms with Crippen molar-refractivity contribution in [2.45, 2.75) is 32.6 Å². The zero-order valence-corrected chi connectivity index (χ0v) is 13.0. The molecule has 1 saturated heterocycles. The van der Waals surface area contributed by atoms with Crippen molar-refractivity contribution in [2.24, 2.45) is 5.92 Å². The fraction of sp³-hybridized carbons (Fsp3) is 0.529. The van der Waals surface area contributed by atoms with Crippen LogP contribution in [0.3, 0.4) is 0 Å². The molecule has 1 heterocycles. The van der Waals surface area contributed by atoms with Crippen LogP contribution in [0.15, 0.2) is 24.3 Å². The highest BCUT2D eigenvalue weighted by Crippen LogP contribution is 2.21. The lowest BCUT2D eigenvalue weighted by atomic mass is 9.96. The lowest BCUT2D eigenvalue weighted by Crippen LogP contribution is -2.40. The number of benzene rings is 1. The van der Waals surface area contributed by atoms with Crippen molar-refractivity contribution in [1.29, 1.82) is 0 Å². The van der Waals surface area contributed by atoms with Gasteiger partial charge in [0, 0.05) is 18.7 Å². The Balaban J connectivity index is 1.97. The zero-order chi connectivity index (χ0) is 15.4. The molecule has 2 rings (SSSR count). The minimum absolute atomic E-state index is 0.0496. The van der Waals surface area contributed by atoms with Crippen molar-refractivity contribution in [3.05, 3.63) is 35.4 Å². The molecule has 0 spiro atoms. The number of nitrogens with zero attached hydrogens (tertiary/aromatic N) is 1. The van der Waals surface area contributed by atoms with Crippen LogP contribution in [0, 0.1) is 5.92 Å². The van der Waals surface area contributed by atoms with E-state index in [9.17, 15) is 9.59 Å². The summed E-state index contributed by atoms with van der Waals surface area (Å²) in [4.78, 5) is 25.7. The van der Waals surface area contributed by atoms with Crippen LogP contribution in [0.1, 0.15) is 48.5 Å². The van der Waals surface area contributed by atoms with E-state index in [4.69, 9.17) is 4.74 Å². The molecule has 114 valence electrons. The Hall–Kier alpha value is -1.84. The van der Waals surface area contributed by atoms with Crippen molar-refractivity contribution in [2.75, 3.05) is 20.2 Å². The van der Waals surface area contributed by atoms with E-state index < -0.39 is 0 Å². The Morgan fingerprint density at radius 3 is 2.19 bits per heavy atom. The molecular weight excluding hydrogens is 266 g/mol. The molecule has 0 bridgehead atoms. The summed E-state index contributed by atoms with van der Waals surface area (Å²) in [6.45, 7) is 5.50. The Bertz CT molecular complexity index is 499. The molecule has 0 saturated carbocycles. The third-order valence-corrected chi connectivity index (χ3v) is 4.14. The predicted octanol–water partition coefficient (Wildman–Crippen LogP) is 2.84. The van der Waals surface area contributed by atoms with Gasteiger partial charge in [-0.05, 0) is 36.5 Å². The minimum Gasteiger partial charge on any atom is -0.469 e. The summed E-state index contributed by atoms with van der Waals surface area (Å²) >= 11 is 0. The standard InChI is InChI=1S/C17H23NO3/c1-12(2)13-4-6-14(7-5-13)16(19)18-10-8-15(9-11-18)17(20)21-3/h4-7,12,15H,8-11H2,1-3H3. The van der Waals surface area contributed by atoms with Crippen molar-refractivity contribution in [3.8, 4) is 0 Å². The van der Waals surface area contributed by atoms with Gasteiger partial charge in [-0.25, -0.2) is 0 Å². The highest BCUT2D eigenvalue weighted by Gasteiger charge is 2.28. The maximum atomic E-state index is 12.4. The molecule has 4 heteroatoms. The molecule has 0 N–H and O–H groups in total. The largest absolute Gasteiger partial charge is 0.469 e. The maximum Gasteiger partial charge on any atom is 0.308 e. The van der Waals surface area contributed by atoms with E-state index in [0.29, 0.717) is 31.8 Å². The number of methoxy groups -OCH3 is 1. The Morgan fingerprint density at radius 1 is 1.14 bits per heavy atom. The quantitative estimate of drug-likeness (QED) is 0.804. The van der Waals surface area contributed by atoms with Gasteiger partial charge in [0.2, 0.25) is 0 Å². The summed E-state index contributed by atoms with van der Waals surface area (Å²) in [5, 5.41) is 0. The first-order valence-electron chi connectivity index (χ1n) is 7.50. The average molecular weight is 289 g/mol. The summed E-state index contributed by atoms with van der Waals surface area (Å²) in [5.41, 5.74) is 1.95. The molecule has 1 aromatic carbocycles. The summed E-state index contributed by atoms with van der Waals surface area (Å²) in [7, 11) is 1.41. The second-order valence-electron chi connectivity index (χ2n) is 5.87. The van der Waals surface area contributed by atoms with Gasteiger partial charge >= 0.3 is 5.97 Å². The molecule has 1 amide bonds. The minimum atomic E-state index is -0.164. The Morgan fingerprint density at radius 2 is 1.71 bits per heavy atom. The number of carbonyl (C=O) groups excluding carboxylic acids is 2. The third-order valence-electron chi connectivity index (χ3n) is 4.14. The van der Waals surface area contributed by atoms with E-state index in [1.54, 1.807) is 0 Å². The first kappa shape index (κ1) is 15.5. The lowest BCUT2D eigenvalue weighted by molar-refractivity contribution is -0.146. The number of esters is 1. The van der Waals surface area contributed by atoms with Crippen molar-refractivity contribution in [3.63, 3.8) is 0 Å². The van der Waals surface area contributed by atoms with Crippen LogP contribution in [0.4, 0.5) is 0 Å². The van der Waals surface area contributed by atoms with Gasteiger partial charge in [-0.2, -0.15) is 0 Å². The lowest BCUT2D eigenvalue weighted by Gasteiger charge is -2.30. The van der Waals surface area contributed by atoms with Crippen LogP contribution in [0.25, 0.3) is 0 Å². The van der Waals surface area contributed by atoms with Gasteiger partial charge in [0.1, 0.15) is 0 Å². The second-order valence-corrected chi connectivity index (χ2v) is 5.87. The zero-order valence-electron chi connectivity index (χ0n) is 13.0. The van der Waals surface area contributed by atoms with Gasteiger partial charge in [0.05, 0.1) is 13.0 Å². The number of rotatable bonds is 3. The normalized spacial score (nSPS) is 16.1. The Labute approximate surface area is 126 Å². The van der Waals surface area contributed by atoms with E-state index in [-0.39, 0.29) is 17.8 Å². The number of hydrogen-bond donors (Lipinski definition) is 0. The molecule has 1 aromatic rings. The van der Waals surface area contributed by atoms with E-state index in [2.05, 4.69) is 13.8 Å². The number of carbonyl (C=O) groups is 2. The smallest absolute Gasteiger partial charge is 0.308 e. The van der Waals surface area contributed by atoms with Gasteiger partial charge in [-0.3, -0.25) is 9.59 Å². The van der Waals surface area contributed by atoms with Gasteiger partial charge in [0.15, 0.2) is 0 Å². The fourth-order valence-electron chi connectivity index (χ4n) is 2.68. The van der Waals surface area contributed by atoms with E-state index in [1.807, 2.05) is 29.2 Å². The molecule has 0 atom stereocenters. The summed E-state index contributed by atoms with van der Waals surface area (Å²) in [5.74, 6) is 0.282. The first-order valence-corrected chi connectivity index (χ1v) is 7.50. The van der Waals surface area contributed by atoms with Crippen LogP contribution in [0.5, 0.6) is 0 Å². The average Bonchev–Trinajstić information content (AvgIpc) is 2.53. The van der Waals surface area contributed by atoms with E-state index in [0.717, 1.165) is 5.56 Å². The van der Waals surface area contributed by atoms with Gasteiger partial charge in [-0.1, -0.05) is 26.0 Å². The number of hydrogen-bond acceptors (Lipinski definition) is 3. The van der Waals surface area contributed by atoms with Gasteiger partial charge in [0.25, 0.3) is 5.91 Å². The molecular formula is C17H23NO3. The molecule has 1 fully saturated rings. The number of amides is 1. The number of ether oxygens (including phenoxy) is 1. The monoisotopic (exact) mass is 289 g/mol. The second kappa shape index (κ2) is 6.74. The summed E-state index contributed by atoms with van der Waals surface area (Å²) in [6.07, 6.45) is 1.37. The topological polar surface area (TPSA) is 46.6 Å². The highest BCUT2D eigenvalue weighted by molar-refractivity contribution is 5.94. The third kappa shape index (κ3) is 3.63. The Kier molecular flexibility index (Phi) is 4.99. The van der Waals surface area contributed by atoms with E-state index >= 15 is 0 Å². The predicted molar refractivity (Wildman–Crippen MR) is 81.2 cm³/mol.